The number of nitrogens with zero attached hydrogens (tertiary/aromatic N) is 4. The number of pyridine rings is 1. The third-order valence-corrected chi connectivity index (χ3v) is 9.42. The lowest BCUT2D eigenvalue weighted by atomic mass is 9.91. The number of hydrogen-bond donors (Lipinski definition) is 1. The molecule has 1 aliphatic heterocycles. The van der Waals surface area contributed by atoms with Crippen molar-refractivity contribution in [3.8, 4) is 0 Å². The summed E-state index contributed by atoms with van der Waals surface area (Å²) in [4.78, 5) is 22.2. The van der Waals surface area contributed by atoms with Crippen molar-refractivity contribution in [2.75, 3.05) is 18.4 Å². The molecular weight excluding hydrogens is 486 g/mol. The number of halogens is 1. The summed E-state index contributed by atoms with van der Waals surface area (Å²) < 4.78 is 29.3. The topological polar surface area (TPSA) is 97.2 Å². The lowest BCUT2D eigenvalue weighted by Gasteiger charge is -2.40. The molecule has 0 spiro atoms. The Balaban J connectivity index is 1.43. The molecule has 2 fully saturated rings. The third-order valence-electron chi connectivity index (χ3n) is 7.32. The van der Waals surface area contributed by atoms with Gasteiger partial charge in [-0.1, -0.05) is 38.3 Å². The molecule has 5 rings (SSSR count). The van der Waals surface area contributed by atoms with Gasteiger partial charge in [0.2, 0.25) is 16.0 Å². The summed E-state index contributed by atoms with van der Waals surface area (Å²) in [6.07, 6.45) is 5.65. The van der Waals surface area contributed by atoms with Gasteiger partial charge < -0.3 is 5.32 Å². The minimum absolute atomic E-state index is 0.0782. The van der Waals surface area contributed by atoms with Gasteiger partial charge in [-0.25, -0.2) is 13.4 Å². The van der Waals surface area contributed by atoms with E-state index >= 15 is 0 Å². The largest absolute Gasteiger partial charge is 0.324 e. The highest BCUT2D eigenvalue weighted by atomic mass is 35.5. The van der Waals surface area contributed by atoms with Crippen molar-refractivity contribution >= 4 is 44.3 Å². The van der Waals surface area contributed by atoms with Crippen molar-refractivity contribution in [3.63, 3.8) is 0 Å². The monoisotopic (exact) mass is 515 g/mol. The first-order valence-electron chi connectivity index (χ1n) is 12.1. The van der Waals surface area contributed by atoms with Gasteiger partial charge in [-0.05, 0) is 61.4 Å². The zero-order chi connectivity index (χ0) is 24.9. The maximum atomic E-state index is 13.0. The number of hydrogen-bond acceptors (Lipinski definition) is 6. The molecule has 8 nitrogen and oxygen atoms in total. The van der Waals surface area contributed by atoms with Crippen LogP contribution in [0.3, 0.4) is 0 Å². The van der Waals surface area contributed by atoms with Crippen molar-refractivity contribution in [2.24, 2.45) is 11.8 Å². The van der Waals surface area contributed by atoms with Crippen LogP contribution in [0.15, 0.2) is 40.2 Å². The fourth-order valence-corrected chi connectivity index (χ4v) is 6.79. The Labute approximate surface area is 210 Å². The van der Waals surface area contributed by atoms with Crippen LogP contribution in [-0.4, -0.2) is 40.3 Å². The first-order chi connectivity index (χ1) is 16.6. The summed E-state index contributed by atoms with van der Waals surface area (Å²) in [5.74, 6) is 1.22. The van der Waals surface area contributed by atoms with Crippen LogP contribution in [-0.2, 0) is 10.0 Å². The number of sulfonamides is 1. The van der Waals surface area contributed by atoms with Crippen molar-refractivity contribution < 1.29 is 8.42 Å². The number of aromatic nitrogens is 3. The van der Waals surface area contributed by atoms with E-state index in [0.717, 1.165) is 31.2 Å². The number of benzene rings is 1. The van der Waals surface area contributed by atoms with Crippen molar-refractivity contribution in [2.45, 2.75) is 57.4 Å². The fourth-order valence-electron chi connectivity index (χ4n) is 4.94. The van der Waals surface area contributed by atoms with Gasteiger partial charge in [0.1, 0.15) is 10.7 Å². The minimum atomic E-state index is -3.51. The lowest BCUT2D eigenvalue weighted by Crippen LogP contribution is -2.51. The van der Waals surface area contributed by atoms with Crippen molar-refractivity contribution in [1.29, 1.82) is 0 Å². The van der Waals surface area contributed by atoms with Gasteiger partial charge in [-0.3, -0.25) is 9.36 Å². The number of anilines is 2. The molecule has 3 heterocycles. The standard InChI is InChI=1S/C25H30ClN5O3S/c1-15(2)18-13-30(14-18)35(33,34)20-8-9-22(16(3)10-20)28-25-27-12-17-11-21(26)24(32)31(23(17)29-25)19-6-4-5-7-19/h8-12,15,18-19H,4-7,13-14H2,1-3H3,(H,27,28,29). The molecule has 0 bridgehead atoms. The van der Waals surface area contributed by atoms with Gasteiger partial charge >= 0.3 is 0 Å². The smallest absolute Gasteiger partial charge is 0.271 e. The predicted octanol–water partition coefficient (Wildman–Crippen LogP) is 4.89. The SMILES string of the molecule is Cc1cc(S(=O)(=O)N2CC(C(C)C)C2)ccc1Nc1ncc2cc(Cl)c(=O)n(C3CCCC3)c2n1. The van der Waals surface area contributed by atoms with Gasteiger partial charge in [0.25, 0.3) is 5.56 Å². The molecule has 0 unspecified atom stereocenters. The first-order valence-corrected chi connectivity index (χ1v) is 13.9. The molecule has 1 saturated carbocycles. The molecule has 1 saturated heterocycles. The fraction of sp³-hybridized carbons (Fsp3) is 0.480. The maximum Gasteiger partial charge on any atom is 0.271 e. The Hall–Kier alpha value is -2.49. The van der Waals surface area contributed by atoms with Gasteiger partial charge in [-0.2, -0.15) is 9.29 Å². The second-order valence-corrected chi connectivity index (χ2v) is 12.4. The van der Waals surface area contributed by atoms with Crippen molar-refractivity contribution in [3.05, 3.63) is 51.4 Å². The van der Waals surface area contributed by atoms with E-state index in [1.165, 1.54) is 0 Å². The van der Waals surface area contributed by atoms with E-state index in [2.05, 4.69) is 29.1 Å². The van der Waals surface area contributed by atoms with Crippen LogP contribution in [0.4, 0.5) is 11.6 Å². The Bertz CT molecular complexity index is 1440. The molecule has 0 radical (unpaired) electrons. The highest BCUT2D eigenvalue weighted by Crippen LogP contribution is 2.33. The third kappa shape index (κ3) is 4.45. The predicted molar refractivity (Wildman–Crippen MR) is 138 cm³/mol. The van der Waals surface area contributed by atoms with Crippen LogP contribution in [0.2, 0.25) is 5.02 Å². The average Bonchev–Trinajstić information content (AvgIpc) is 3.29. The number of rotatable bonds is 6. The Morgan fingerprint density at radius 3 is 2.51 bits per heavy atom. The van der Waals surface area contributed by atoms with Crippen LogP contribution in [0.1, 0.15) is 51.1 Å². The Morgan fingerprint density at radius 1 is 1.14 bits per heavy atom. The van der Waals surface area contributed by atoms with Gasteiger partial charge in [0.15, 0.2) is 0 Å². The molecule has 2 aromatic heterocycles. The number of nitrogens with one attached hydrogen (secondary N) is 1. The molecule has 1 aliphatic carbocycles. The van der Waals surface area contributed by atoms with Crippen LogP contribution >= 0.6 is 11.6 Å². The molecule has 1 aromatic carbocycles. The zero-order valence-electron chi connectivity index (χ0n) is 20.2. The molecular formula is C25H30ClN5O3S. The maximum absolute atomic E-state index is 13.0. The van der Waals surface area contributed by atoms with Gasteiger partial charge in [-0.15, -0.1) is 0 Å². The molecule has 10 heteroatoms. The van der Waals surface area contributed by atoms with E-state index in [1.807, 2.05) is 6.92 Å². The summed E-state index contributed by atoms with van der Waals surface area (Å²) >= 11 is 6.22. The van der Waals surface area contributed by atoms with E-state index in [-0.39, 0.29) is 21.5 Å². The summed E-state index contributed by atoms with van der Waals surface area (Å²) in [5.41, 5.74) is 1.79. The molecule has 1 N–H and O–H groups in total. The normalized spacial score (nSPS) is 17.9. The Kier molecular flexibility index (Phi) is 6.35. The quantitative estimate of drug-likeness (QED) is 0.502. The number of fused-ring (bicyclic) bond motifs is 1. The molecule has 186 valence electrons. The summed E-state index contributed by atoms with van der Waals surface area (Å²) in [5, 5.41) is 4.07. The Morgan fingerprint density at radius 2 is 1.86 bits per heavy atom. The van der Waals surface area contributed by atoms with Crippen LogP contribution < -0.4 is 10.9 Å². The lowest BCUT2D eigenvalue weighted by molar-refractivity contribution is 0.152. The van der Waals surface area contributed by atoms with Gasteiger partial charge in [0.05, 0.1) is 4.90 Å². The molecule has 0 atom stereocenters. The number of aryl methyl sites for hydroxylation is 1. The molecule has 2 aliphatic rings. The van der Waals surface area contributed by atoms with Crippen molar-refractivity contribution in [1.82, 2.24) is 18.8 Å². The zero-order valence-corrected chi connectivity index (χ0v) is 21.7. The highest BCUT2D eigenvalue weighted by Gasteiger charge is 2.38. The molecule has 3 aromatic rings. The van der Waals surface area contributed by atoms with Crippen LogP contribution in [0, 0.1) is 18.8 Å². The van der Waals surface area contributed by atoms with Crippen LogP contribution in [0.5, 0.6) is 0 Å². The van der Waals surface area contributed by atoms with E-state index in [9.17, 15) is 13.2 Å². The average molecular weight is 516 g/mol. The summed E-state index contributed by atoms with van der Waals surface area (Å²) in [6.45, 7) is 7.22. The van der Waals surface area contributed by atoms with E-state index in [4.69, 9.17) is 11.6 Å². The summed E-state index contributed by atoms with van der Waals surface area (Å²) in [7, 11) is -3.51. The summed E-state index contributed by atoms with van der Waals surface area (Å²) in [6, 6.07) is 6.72. The minimum Gasteiger partial charge on any atom is -0.324 e. The second-order valence-electron chi connectivity index (χ2n) is 10.0. The van der Waals surface area contributed by atoms with E-state index in [1.54, 1.807) is 39.3 Å². The highest BCUT2D eigenvalue weighted by molar-refractivity contribution is 7.89. The van der Waals surface area contributed by atoms with E-state index < -0.39 is 10.0 Å². The molecule has 0 amide bonds. The second kappa shape index (κ2) is 9.19. The van der Waals surface area contributed by atoms with E-state index in [0.29, 0.717) is 47.6 Å². The first kappa shape index (κ1) is 24.2. The van der Waals surface area contributed by atoms with Gasteiger partial charge in [0, 0.05) is 36.4 Å². The molecule has 35 heavy (non-hydrogen) atoms. The van der Waals surface area contributed by atoms with Crippen LogP contribution in [0.25, 0.3) is 11.0 Å².